The molecule has 0 spiro atoms. The maximum atomic E-state index is 13.3. The summed E-state index contributed by atoms with van der Waals surface area (Å²) in [5, 5.41) is 7.00. The van der Waals surface area contributed by atoms with Crippen molar-refractivity contribution < 1.29 is 23.5 Å². The molecule has 1 heterocycles. The van der Waals surface area contributed by atoms with Gasteiger partial charge in [-0.2, -0.15) is 5.10 Å². The standard InChI is InChI=1S/C21H21FN3O4P/c1-2-25-21(16-5-8-18(22)9-6-16)17(13-23-25)7-12-20(26)24-19-10-3-15(4-11-19)14-30(27,28)29/h3-13H,2,14H2,1H3,(H,24,26)(H2,27,28,29). The van der Waals surface area contributed by atoms with E-state index >= 15 is 0 Å². The number of nitrogens with one attached hydrogen (secondary N) is 1. The monoisotopic (exact) mass is 429 g/mol. The van der Waals surface area contributed by atoms with E-state index in [9.17, 15) is 13.8 Å². The van der Waals surface area contributed by atoms with Gasteiger partial charge in [-0.15, -0.1) is 0 Å². The number of hydrogen-bond acceptors (Lipinski definition) is 3. The van der Waals surface area contributed by atoms with Crippen LogP contribution in [-0.4, -0.2) is 25.5 Å². The zero-order chi connectivity index (χ0) is 21.7. The lowest BCUT2D eigenvalue weighted by Gasteiger charge is -2.07. The second kappa shape index (κ2) is 9.17. The van der Waals surface area contributed by atoms with Gasteiger partial charge in [0.15, 0.2) is 0 Å². The normalized spacial score (nSPS) is 11.7. The summed E-state index contributed by atoms with van der Waals surface area (Å²) in [6, 6.07) is 12.3. The summed E-state index contributed by atoms with van der Waals surface area (Å²) < 4.78 is 26.1. The first-order valence-corrected chi connectivity index (χ1v) is 11.0. The van der Waals surface area contributed by atoms with Crippen molar-refractivity contribution in [1.82, 2.24) is 9.78 Å². The zero-order valence-electron chi connectivity index (χ0n) is 16.2. The van der Waals surface area contributed by atoms with Crippen molar-refractivity contribution in [2.24, 2.45) is 0 Å². The number of hydrogen-bond donors (Lipinski definition) is 3. The Labute approximate surface area is 173 Å². The highest BCUT2D eigenvalue weighted by molar-refractivity contribution is 7.50. The first-order chi connectivity index (χ1) is 14.2. The first kappa shape index (κ1) is 21.6. The number of rotatable bonds is 7. The van der Waals surface area contributed by atoms with Crippen LogP contribution in [0.3, 0.4) is 0 Å². The minimum Gasteiger partial charge on any atom is -0.324 e. The fraction of sp³-hybridized carbons (Fsp3) is 0.143. The zero-order valence-corrected chi connectivity index (χ0v) is 17.1. The lowest BCUT2D eigenvalue weighted by molar-refractivity contribution is -0.111. The van der Waals surface area contributed by atoms with E-state index in [1.807, 2.05) is 6.92 Å². The highest BCUT2D eigenvalue weighted by Gasteiger charge is 2.14. The topological polar surface area (TPSA) is 104 Å². The molecule has 0 saturated carbocycles. The molecule has 0 saturated heterocycles. The fourth-order valence-corrected chi connectivity index (χ4v) is 3.65. The molecule has 30 heavy (non-hydrogen) atoms. The van der Waals surface area contributed by atoms with Gasteiger partial charge in [-0.3, -0.25) is 14.0 Å². The van der Waals surface area contributed by atoms with Crippen molar-refractivity contribution >= 4 is 25.3 Å². The Morgan fingerprint density at radius 1 is 1.17 bits per heavy atom. The van der Waals surface area contributed by atoms with E-state index in [1.165, 1.54) is 18.2 Å². The number of aromatic nitrogens is 2. The first-order valence-electron chi connectivity index (χ1n) is 9.19. The van der Waals surface area contributed by atoms with E-state index in [1.54, 1.807) is 53.4 Å². The molecule has 0 atom stereocenters. The van der Waals surface area contributed by atoms with Crippen LogP contribution < -0.4 is 5.32 Å². The molecule has 1 aromatic heterocycles. The second-order valence-electron chi connectivity index (χ2n) is 6.61. The molecule has 3 N–H and O–H groups in total. The molecular formula is C21H21FN3O4P. The fourth-order valence-electron chi connectivity index (χ4n) is 2.97. The number of carbonyl (C=O) groups excluding carboxylic acids is 1. The van der Waals surface area contributed by atoms with Crippen molar-refractivity contribution in [1.29, 1.82) is 0 Å². The van der Waals surface area contributed by atoms with Gasteiger partial charge in [-0.05, 0) is 55.0 Å². The Kier molecular flexibility index (Phi) is 6.62. The number of halogens is 1. The van der Waals surface area contributed by atoms with Gasteiger partial charge in [-0.25, -0.2) is 4.39 Å². The molecule has 2 aromatic carbocycles. The third kappa shape index (κ3) is 5.73. The number of aryl methyl sites for hydroxylation is 1. The smallest absolute Gasteiger partial charge is 0.324 e. The number of anilines is 1. The summed E-state index contributed by atoms with van der Waals surface area (Å²) in [6.07, 6.45) is 4.29. The van der Waals surface area contributed by atoms with E-state index in [-0.39, 0.29) is 17.9 Å². The van der Waals surface area contributed by atoms with Gasteiger partial charge >= 0.3 is 7.60 Å². The Balaban J connectivity index is 1.73. The highest BCUT2D eigenvalue weighted by Crippen LogP contribution is 2.39. The third-order valence-corrected chi connectivity index (χ3v) is 5.09. The van der Waals surface area contributed by atoms with Crippen molar-refractivity contribution in [3.8, 4) is 11.3 Å². The molecule has 0 unspecified atom stereocenters. The summed E-state index contributed by atoms with van der Waals surface area (Å²) in [6.45, 7) is 2.56. The summed E-state index contributed by atoms with van der Waals surface area (Å²) in [4.78, 5) is 30.3. The Hall–Kier alpha value is -3.06. The van der Waals surface area contributed by atoms with E-state index in [4.69, 9.17) is 9.79 Å². The molecule has 7 nitrogen and oxygen atoms in total. The largest absolute Gasteiger partial charge is 0.329 e. The number of amides is 1. The van der Waals surface area contributed by atoms with Gasteiger partial charge < -0.3 is 15.1 Å². The van der Waals surface area contributed by atoms with Crippen molar-refractivity contribution in [2.45, 2.75) is 19.6 Å². The molecular weight excluding hydrogens is 408 g/mol. The van der Waals surface area contributed by atoms with Crippen molar-refractivity contribution in [3.05, 3.63) is 77.7 Å². The van der Waals surface area contributed by atoms with E-state index in [0.717, 1.165) is 16.8 Å². The maximum absolute atomic E-state index is 13.3. The minimum absolute atomic E-state index is 0.329. The number of nitrogens with zero attached hydrogens (tertiary/aromatic N) is 2. The lowest BCUT2D eigenvalue weighted by atomic mass is 10.1. The highest BCUT2D eigenvalue weighted by atomic mass is 31.2. The molecule has 9 heteroatoms. The van der Waals surface area contributed by atoms with Crippen LogP contribution in [0.15, 0.2) is 60.8 Å². The predicted molar refractivity (Wildman–Crippen MR) is 113 cm³/mol. The van der Waals surface area contributed by atoms with Crippen molar-refractivity contribution in [2.75, 3.05) is 5.32 Å². The summed E-state index contributed by atoms with van der Waals surface area (Å²) >= 11 is 0. The summed E-state index contributed by atoms with van der Waals surface area (Å²) in [5.74, 6) is -0.698. The third-order valence-electron chi connectivity index (χ3n) is 4.31. The van der Waals surface area contributed by atoms with Gasteiger partial charge in [0.05, 0.1) is 18.1 Å². The summed E-state index contributed by atoms with van der Waals surface area (Å²) in [5.41, 5.74) is 3.27. The number of carbonyl (C=O) groups is 1. The minimum atomic E-state index is -4.14. The quantitative estimate of drug-likeness (QED) is 0.388. The van der Waals surface area contributed by atoms with Crippen LogP contribution in [0.25, 0.3) is 17.3 Å². The second-order valence-corrected chi connectivity index (χ2v) is 8.26. The van der Waals surface area contributed by atoms with E-state index in [0.29, 0.717) is 17.8 Å². The number of benzene rings is 2. The molecule has 0 fully saturated rings. The average Bonchev–Trinajstić information content (AvgIpc) is 3.10. The molecule has 156 valence electrons. The SMILES string of the molecule is CCn1ncc(C=CC(=O)Nc2ccc(CP(=O)(O)O)cc2)c1-c1ccc(F)cc1. The molecule has 1 amide bonds. The molecule has 0 radical (unpaired) electrons. The van der Waals surface area contributed by atoms with Gasteiger partial charge in [0, 0.05) is 29.4 Å². The van der Waals surface area contributed by atoms with Gasteiger partial charge in [0.1, 0.15) is 5.82 Å². The van der Waals surface area contributed by atoms with Crippen molar-refractivity contribution in [3.63, 3.8) is 0 Å². The lowest BCUT2D eigenvalue weighted by Crippen LogP contribution is -2.07. The van der Waals surface area contributed by atoms with E-state index in [2.05, 4.69) is 10.4 Å². The van der Waals surface area contributed by atoms with Crippen LogP contribution >= 0.6 is 7.60 Å². The van der Waals surface area contributed by atoms with Gasteiger partial charge in [-0.1, -0.05) is 12.1 Å². The van der Waals surface area contributed by atoms with Crippen LogP contribution in [0.1, 0.15) is 18.1 Å². The molecule has 3 rings (SSSR count). The van der Waals surface area contributed by atoms with E-state index < -0.39 is 7.60 Å². The Morgan fingerprint density at radius 2 is 1.83 bits per heavy atom. The predicted octanol–water partition coefficient (Wildman–Crippen LogP) is 4.04. The Morgan fingerprint density at radius 3 is 2.43 bits per heavy atom. The molecule has 0 bridgehead atoms. The van der Waals surface area contributed by atoms with Crippen LogP contribution in [-0.2, 0) is 22.1 Å². The van der Waals surface area contributed by atoms with Crippen LogP contribution in [0.4, 0.5) is 10.1 Å². The molecule has 0 aliphatic carbocycles. The van der Waals surface area contributed by atoms with Gasteiger partial charge in [0.2, 0.25) is 5.91 Å². The van der Waals surface area contributed by atoms with Crippen LogP contribution in [0.5, 0.6) is 0 Å². The van der Waals surface area contributed by atoms with Gasteiger partial charge in [0.25, 0.3) is 0 Å². The average molecular weight is 429 g/mol. The maximum Gasteiger partial charge on any atom is 0.329 e. The Bertz CT molecular complexity index is 1100. The van der Waals surface area contributed by atoms with Crippen LogP contribution in [0, 0.1) is 5.82 Å². The molecule has 0 aliphatic rings. The molecule has 3 aromatic rings. The molecule has 0 aliphatic heterocycles. The summed E-state index contributed by atoms with van der Waals surface area (Å²) in [7, 11) is -4.14. The van der Waals surface area contributed by atoms with Crippen LogP contribution in [0.2, 0.25) is 0 Å².